The molecular formula is C24H28N8O12S2. The van der Waals surface area contributed by atoms with Gasteiger partial charge in [0, 0.05) is 26.7 Å². The van der Waals surface area contributed by atoms with Gasteiger partial charge in [-0.3, -0.25) is 47.9 Å². The van der Waals surface area contributed by atoms with E-state index in [1.54, 1.807) is 0 Å². The van der Waals surface area contributed by atoms with Crippen LogP contribution >= 0.6 is 22.7 Å². The van der Waals surface area contributed by atoms with Crippen LogP contribution in [0, 0.1) is 0 Å². The summed E-state index contributed by atoms with van der Waals surface area (Å²) >= 11 is 1.38. The van der Waals surface area contributed by atoms with Crippen molar-refractivity contribution in [3.05, 3.63) is 40.0 Å². The van der Waals surface area contributed by atoms with Crippen LogP contribution in [0.1, 0.15) is 39.1 Å². The van der Waals surface area contributed by atoms with Crippen molar-refractivity contribution in [3.63, 3.8) is 0 Å². The average molecular weight is 685 g/mol. The molecule has 6 heterocycles. The van der Waals surface area contributed by atoms with E-state index >= 15 is 0 Å². The van der Waals surface area contributed by atoms with Crippen LogP contribution < -0.4 is 32.3 Å². The third-order valence-electron chi connectivity index (χ3n) is 6.80. The van der Waals surface area contributed by atoms with E-state index in [1.165, 1.54) is 13.8 Å². The maximum atomic E-state index is 12.4. The highest BCUT2D eigenvalue weighted by molar-refractivity contribution is 7.16. The Morgan fingerprint density at radius 3 is 1.89 bits per heavy atom. The quantitative estimate of drug-likeness (QED) is 0.118. The summed E-state index contributed by atoms with van der Waals surface area (Å²) in [6.07, 6.45) is -4.53. The first-order chi connectivity index (χ1) is 21.8. The van der Waals surface area contributed by atoms with Gasteiger partial charge < -0.3 is 40.6 Å². The van der Waals surface area contributed by atoms with Crippen LogP contribution in [0.2, 0.25) is 0 Å². The number of aromatic amines is 2. The number of esters is 2. The maximum Gasteiger partial charge on any atom is 0.311 e. The molecular weight excluding hydrogens is 656 g/mol. The van der Waals surface area contributed by atoms with Crippen LogP contribution in [0.5, 0.6) is 0 Å². The minimum atomic E-state index is -1.02. The zero-order valence-electron chi connectivity index (χ0n) is 24.0. The second-order valence-corrected chi connectivity index (χ2v) is 12.1. The number of ether oxygens (including phenoxy) is 4. The van der Waals surface area contributed by atoms with E-state index in [-0.39, 0.29) is 58.6 Å². The van der Waals surface area contributed by atoms with Crippen molar-refractivity contribution >= 4 is 67.2 Å². The number of rotatable bonds is 6. The molecule has 4 aromatic heterocycles. The first-order valence-corrected chi connectivity index (χ1v) is 15.1. The van der Waals surface area contributed by atoms with Crippen LogP contribution in [0.3, 0.4) is 0 Å². The SMILES string of the molecule is CC(=O)OC[C@@H]1C[C@@H](OC(C)=O)[C@H](n2c(=O)sc3c(=O)[nH]c(N)nc32)O1.Nc1nc2c(sc(=O)n2[C@@H]2O[C@H](CO)C[C@H]2O)c(=O)[nH]1. The van der Waals surface area contributed by atoms with Gasteiger partial charge in [-0.15, -0.1) is 0 Å². The standard InChI is InChI=1S/C14H16N4O7S.C10H12N4O5S/c1-5(19)23-4-7-3-8(24-6(2)20)12(25-7)18-10-9(26-14(18)22)11(21)17-13(15)16-10;11-9-12-6-5(7(17)13-9)20-10(18)14(6)8-4(16)1-3(2-15)19-8/h7-8,12H,3-4H2,1-2H3,(H3,15,16,17,21);3-4,8,15-16H,1-2H2,(H3,11,12,13,17)/t7-,8+,12+;3-,4+,8+/m00/s1. The molecule has 0 aliphatic carbocycles. The fourth-order valence-electron chi connectivity index (χ4n) is 5.00. The van der Waals surface area contributed by atoms with E-state index in [0.717, 1.165) is 9.13 Å². The van der Waals surface area contributed by atoms with Crippen molar-refractivity contribution in [3.8, 4) is 0 Å². The Morgan fingerprint density at radius 2 is 1.41 bits per heavy atom. The summed E-state index contributed by atoms with van der Waals surface area (Å²) in [5, 5.41) is 19.0. The molecule has 0 saturated carbocycles. The highest BCUT2D eigenvalue weighted by atomic mass is 32.1. The van der Waals surface area contributed by atoms with E-state index < -0.39 is 69.7 Å². The first kappa shape index (κ1) is 32.9. The van der Waals surface area contributed by atoms with Crippen molar-refractivity contribution in [1.29, 1.82) is 0 Å². The van der Waals surface area contributed by atoms with Crippen molar-refractivity contribution in [1.82, 2.24) is 29.1 Å². The Bertz CT molecular complexity index is 2030. The van der Waals surface area contributed by atoms with Crippen molar-refractivity contribution < 1.29 is 38.7 Å². The third kappa shape index (κ3) is 6.56. The van der Waals surface area contributed by atoms with Crippen LogP contribution in [0.25, 0.3) is 20.7 Å². The van der Waals surface area contributed by atoms with Gasteiger partial charge in [0.15, 0.2) is 23.8 Å². The molecule has 0 radical (unpaired) electrons. The molecule has 0 bridgehead atoms. The number of anilines is 2. The second-order valence-electron chi connectivity index (χ2n) is 10.2. The highest BCUT2D eigenvalue weighted by Gasteiger charge is 2.41. The van der Waals surface area contributed by atoms with Crippen molar-refractivity contribution in [2.75, 3.05) is 24.7 Å². The summed E-state index contributed by atoms with van der Waals surface area (Å²) in [5.41, 5.74) is 10.1. The fraction of sp³-hybridized carbons (Fsp3) is 0.500. The summed E-state index contributed by atoms with van der Waals surface area (Å²) in [4.78, 5) is 82.1. The Hall–Kier alpha value is -4.48. The number of fused-ring (bicyclic) bond motifs is 2. The molecule has 6 atom stereocenters. The molecule has 46 heavy (non-hydrogen) atoms. The normalized spacial score (nSPS) is 24.2. The van der Waals surface area contributed by atoms with Gasteiger partial charge in [0.05, 0.1) is 18.8 Å². The van der Waals surface area contributed by atoms with Crippen LogP contribution in [-0.2, 0) is 28.5 Å². The molecule has 20 nitrogen and oxygen atoms in total. The minimum Gasteiger partial charge on any atom is -0.463 e. The molecule has 8 N–H and O–H groups in total. The van der Waals surface area contributed by atoms with Gasteiger partial charge in [-0.25, -0.2) is 0 Å². The number of aromatic nitrogens is 6. The Balaban J connectivity index is 0.000000187. The Kier molecular flexibility index (Phi) is 9.37. The molecule has 0 unspecified atom stereocenters. The zero-order chi connectivity index (χ0) is 33.4. The molecule has 2 aliphatic heterocycles. The summed E-state index contributed by atoms with van der Waals surface area (Å²) in [5.74, 6) is -1.33. The van der Waals surface area contributed by atoms with E-state index in [9.17, 15) is 33.9 Å². The van der Waals surface area contributed by atoms with Gasteiger partial charge in [0.1, 0.15) is 28.2 Å². The van der Waals surface area contributed by atoms with Gasteiger partial charge in [-0.1, -0.05) is 22.7 Å². The maximum absolute atomic E-state index is 12.4. The van der Waals surface area contributed by atoms with Crippen molar-refractivity contribution in [2.24, 2.45) is 0 Å². The van der Waals surface area contributed by atoms with Gasteiger partial charge >= 0.3 is 21.7 Å². The van der Waals surface area contributed by atoms with Gasteiger partial charge in [0.25, 0.3) is 11.1 Å². The number of carbonyl (C=O) groups excluding carboxylic acids is 2. The predicted molar refractivity (Wildman–Crippen MR) is 160 cm³/mol. The summed E-state index contributed by atoms with van der Waals surface area (Å²) in [6.45, 7) is 2.16. The van der Waals surface area contributed by atoms with Crippen LogP contribution in [0.15, 0.2) is 19.2 Å². The highest BCUT2D eigenvalue weighted by Crippen LogP contribution is 2.33. The molecule has 2 saturated heterocycles. The number of nitrogen functional groups attached to an aromatic ring is 2. The van der Waals surface area contributed by atoms with Crippen molar-refractivity contribution in [2.45, 2.75) is 63.6 Å². The summed E-state index contributed by atoms with van der Waals surface area (Å²) in [6, 6.07) is 0. The van der Waals surface area contributed by atoms with E-state index in [1.807, 2.05) is 0 Å². The average Bonchev–Trinajstić information content (AvgIpc) is 3.70. The monoisotopic (exact) mass is 684 g/mol. The van der Waals surface area contributed by atoms with Gasteiger partial charge in [-0.2, -0.15) is 9.97 Å². The number of nitrogens with one attached hydrogen (secondary N) is 2. The molecule has 6 rings (SSSR count). The van der Waals surface area contributed by atoms with E-state index in [0.29, 0.717) is 22.7 Å². The Morgan fingerprint density at radius 1 is 0.891 bits per heavy atom. The lowest BCUT2D eigenvalue weighted by molar-refractivity contribution is -0.152. The van der Waals surface area contributed by atoms with E-state index in [4.69, 9.17) is 35.5 Å². The predicted octanol–water partition coefficient (Wildman–Crippen LogP) is -2.12. The number of aliphatic hydroxyl groups excluding tert-OH is 2. The lowest BCUT2D eigenvalue weighted by atomic mass is 10.2. The molecule has 0 amide bonds. The Labute approximate surface area is 263 Å². The molecule has 248 valence electrons. The number of thiazole rings is 2. The largest absolute Gasteiger partial charge is 0.463 e. The minimum absolute atomic E-state index is 0.0385. The molecule has 22 heteroatoms. The second kappa shape index (κ2) is 13.1. The van der Waals surface area contributed by atoms with Crippen LogP contribution in [-0.4, -0.2) is 88.9 Å². The summed E-state index contributed by atoms with van der Waals surface area (Å²) in [7, 11) is 0. The number of hydrogen-bond donors (Lipinski definition) is 6. The third-order valence-corrected chi connectivity index (χ3v) is 8.68. The first-order valence-electron chi connectivity index (χ1n) is 13.5. The lowest BCUT2D eigenvalue weighted by Gasteiger charge is -2.19. The molecule has 2 fully saturated rings. The number of nitrogens with two attached hydrogens (primary N) is 2. The molecule has 2 aliphatic rings. The number of carbonyl (C=O) groups is 2. The molecule has 0 aromatic carbocycles. The smallest absolute Gasteiger partial charge is 0.311 e. The summed E-state index contributed by atoms with van der Waals surface area (Å²) < 4.78 is 23.8. The zero-order valence-corrected chi connectivity index (χ0v) is 25.7. The molecule has 4 aromatic rings. The van der Waals surface area contributed by atoms with Crippen LogP contribution in [0.4, 0.5) is 11.9 Å². The topological polar surface area (TPSA) is 299 Å². The lowest BCUT2D eigenvalue weighted by Crippen LogP contribution is -2.30. The number of hydrogen-bond acceptors (Lipinski definition) is 18. The number of H-pyrrole nitrogens is 2. The number of aliphatic hydroxyl groups is 2. The van der Waals surface area contributed by atoms with Gasteiger partial charge in [-0.05, 0) is 0 Å². The van der Waals surface area contributed by atoms with E-state index in [2.05, 4.69) is 19.9 Å². The number of nitrogens with zero attached hydrogens (tertiary/aromatic N) is 4. The molecule has 0 spiro atoms. The van der Waals surface area contributed by atoms with Gasteiger partial charge in [0.2, 0.25) is 11.9 Å². The fourth-order valence-corrected chi connectivity index (χ4v) is 6.68.